The zero-order chi connectivity index (χ0) is 12.1. The molecule has 2 nitrogen and oxygen atoms in total. The van der Waals surface area contributed by atoms with E-state index in [1.807, 2.05) is 24.3 Å². The molecule has 0 aliphatic rings. The Morgan fingerprint density at radius 2 is 1.39 bits per heavy atom. The predicted octanol–water partition coefficient (Wildman–Crippen LogP) is 3.54. The van der Waals surface area contributed by atoms with Crippen LogP contribution in [0.2, 0.25) is 0 Å². The number of hydrogen-bond acceptors (Lipinski definition) is 2. The molecule has 0 unspecified atom stereocenters. The molecule has 2 rings (SSSR count). The molecule has 0 radical (unpaired) electrons. The van der Waals surface area contributed by atoms with Crippen molar-refractivity contribution in [3.8, 4) is 11.5 Å². The number of ether oxygens (including phenoxy) is 1. The van der Waals surface area contributed by atoms with Gasteiger partial charge >= 0.3 is 0 Å². The van der Waals surface area contributed by atoms with Gasteiger partial charge in [-0.25, -0.2) is 4.39 Å². The Bertz CT molecular complexity index is 470. The maximum Gasteiger partial charge on any atom is 0.127 e. The van der Waals surface area contributed by atoms with Crippen molar-refractivity contribution in [3.05, 3.63) is 59.9 Å². The minimum atomic E-state index is -0.268. The molecule has 18 heavy (non-hydrogen) atoms. The maximum absolute atomic E-state index is 12.7. The van der Waals surface area contributed by atoms with Gasteiger partial charge in [-0.3, -0.25) is 0 Å². The van der Waals surface area contributed by atoms with Crippen LogP contribution in [-0.4, -0.2) is 6.54 Å². The summed E-state index contributed by atoms with van der Waals surface area (Å²) in [6, 6.07) is 13.7. The van der Waals surface area contributed by atoms with E-state index >= 15 is 0 Å². The van der Waals surface area contributed by atoms with E-state index in [4.69, 9.17) is 10.5 Å². The van der Waals surface area contributed by atoms with Gasteiger partial charge in [0.15, 0.2) is 0 Å². The smallest absolute Gasteiger partial charge is 0.127 e. The van der Waals surface area contributed by atoms with Gasteiger partial charge in [0.05, 0.1) is 0 Å². The van der Waals surface area contributed by atoms with Gasteiger partial charge in [0.25, 0.3) is 0 Å². The average molecular weight is 268 g/mol. The van der Waals surface area contributed by atoms with Crippen molar-refractivity contribution < 1.29 is 9.13 Å². The normalized spacial score (nSPS) is 9.67. The first-order valence-electron chi connectivity index (χ1n) is 5.50. The van der Waals surface area contributed by atoms with Crippen molar-refractivity contribution in [1.29, 1.82) is 0 Å². The summed E-state index contributed by atoms with van der Waals surface area (Å²) in [6.45, 7) is 0.637. The summed E-state index contributed by atoms with van der Waals surface area (Å²) in [7, 11) is 0. The van der Waals surface area contributed by atoms with Crippen LogP contribution in [0.5, 0.6) is 11.5 Å². The maximum atomic E-state index is 12.7. The summed E-state index contributed by atoms with van der Waals surface area (Å²) in [5, 5.41) is 0. The quantitative estimate of drug-likeness (QED) is 0.920. The van der Waals surface area contributed by atoms with Gasteiger partial charge in [-0.1, -0.05) is 12.1 Å². The molecule has 96 valence electrons. The molecule has 0 atom stereocenters. The Morgan fingerprint density at radius 1 is 0.889 bits per heavy atom. The third-order valence-corrected chi connectivity index (χ3v) is 2.41. The largest absolute Gasteiger partial charge is 0.457 e. The third-order valence-electron chi connectivity index (χ3n) is 2.41. The molecule has 0 saturated carbocycles. The van der Waals surface area contributed by atoms with Crippen molar-refractivity contribution >= 4 is 12.4 Å². The van der Waals surface area contributed by atoms with E-state index in [0.717, 1.165) is 12.2 Å². The molecule has 2 aromatic rings. The van der Waals surface area contributed by atoms with Crippen LogP contribution in [0.1, 0.15) is 5.56 Å². The molecule has 0 spiro atoms. The van der Waals surface area contributed by atoms with Gasteiger partial charge in [-0.2, -0.15) is 0 Å². The summed E-state index contributed by atoms with van der Waals surface area (Å²) in [4.78, 5) is 0. The first kappa shape index (κ1) is 14.5. The highest BCUT2D eigenvalue weighted by atomic mass is 35.5. The molecule has 0 aliphatic heterocycles. The summed E-state index contributed by atoms with van der Waals surface area (Å²) in [5.41, 5.74) is 6.65. The number of halogens is 2. The van der Waals surface area contributed by atoms with E-state index in [2.05, 4.69) is 0 Å². The second-order valence-corrected chi connectivity index (χ2v) is 3.74. The van der Waals surface area contributed by atoms with Crippen LogP contribution < -0.4 is 10.5 Å². The second kappa shape index (κ2) is 6.99. The van der Waals surface area contributed by atoms with Crippen molar-refractivity contribution in [2.45, 2.75) is 6.42 Å². The van der Waals surface area contributed by atoms with Crippen molar-refractivity contribution in [3.63, 3.8) is 0 Å². The topological polar surface area (TPSA) is 35.2 Å². The van der Waals surface area contributed by atoms with E-state index in [0.29, 0.717) is 12.3 Å². The Morgan fingerprint density at radius 3 is 1.89 bits per heavy atom. The molecule has 4 heteroatoms. The van der Waals surface area contributed by atoms with E-state index in [9.17, 15) is 4.39 Å². The van der Waals surface area contributed by atoms with E-state index in [-0.39, 0.29) is 18.2 Å². The molecule has 0 bridgehead atoms. The van der Waals surface area contributed by atoms with Crippen LogP contribution in [-0.2, 0) is 6.42 Å². The lowest BCUT2D eigenvalue weighted by Gasteiger charge is -2.06. The van der Waals surface area contributed by atoms with Crippen LogP contribution in [0.15, 0.2) is 48.5 Å². The molecule has 0 aromatic heterocycles. The molecule has 2 N–H and O–H groups in total. The Hall–Kier alpha value is -1.58. The first-order valence-corrected chi connectivity index (χ1v) is 5.50. The van der Waals surface area contributed by atoms with Gasteiger partial charge in [0, 0.05) is 0 Å². The Kier molecular flexibility index (Phi) is 5.62. The molecule has 0 heterocycles. The number of benzene rings is 2. The fraction of sp³-hybridized carbons (Fsp3) is 0.143. The molecule has 0 fully saturated rings. The SMILES string of the molecule is Cl.NCCc1ccc(Oc2ccc(F)cc2)cc1. The zero-order valence-corrected chi connectivity index (χ0v) is 10.6. The molecule has 0 aliphatic carbocycles. The Balaban J connectivity index is 0.00000162. The van der Waals surface area contributed by atoms with E-state index < -0.39 is 0 Å². The Labute approximate surface area is 112 Å². The van der Waals surface area contributed by atoms with Crippen LogP contribution in [0, 0.1) is 5.82 Å². The zero-order valence-electron chi connectivity index (χ0n) is 9.80. The van der Waals surface area contributed by atoms with Gasteiger partial charge < -0.3 is 10.5 Å². The first-order chi connectivity index (χ1) is 8.28. The summed E-state index contributed by atoms with van der Waals surface area (Å²) in [6.07, 6.45) is 0.858. The molecular weight excluding hydrogens is 253 g/mol. The van der Waals surface area contributed by atoms with Gasteiger partial charge in [0.2, 0.25) is 0 Å². The predicted molar refractivity (Wildman–Crippen MR) is 72.9 cm³/mol. The van der Waals surface area contributed by atoms with Crippen LogP contribution in [0.3, 0.4) is 0 Å². The summed E-state index contributed by atoms with van der Waals surface area (Å²) >= 11 is 0. The van der Waals surface area contributed by atoms with E-state index in [1.54, 1.807) is 12.1 Å². The van der Waals surface area contributed by atoms with Crippen molar-refractivity contribution in [2.24, 2.45) is 5.73 Å². The number of hydrogen-bond donors (Lipinski definition) is 1. The van der Waals surface area contributed by atoms with Crippen molar-refractivity contribution in [2.75, 3.05) is 6.54 Å². The lowest BCUT2D eigenvalue weighted by atomic mass is 10.1. The van der Waals surface area contributed by atoms with Gasteiger partial charge in [-0.15, -0.1) is 12.4 Å². The third kappa shape index (κ3) is 4.02. The second-order valence-electron chi connectivity index (χ2n) is 3.74. The van der Waals surface area contributed by atoms with Crippen LogP contribution >= 0.6 is 12.4 Å². The average Bonchev–Trinajstić information content (AvgIpc) is 2.35. The fourth-order valence-corrected chi connectivity index (χ4v) is 1.53. The monoisotopic (exact) mass is 267 g/mol. The molecular formula is C14H15ClFNO. The highest BCUT2D eigenvalue weighted by molar-refractivity contribution is 5.85. The van der Waals surface area contributed by atoms with Crippen molar-refractivity contribution in [1.82, 2.24) is 0 Å². The lowest BCUT2D eigenvalue weighted by molar-refractivity contribution is 0.480. The molecule has 0 amide bonds. The highest BCUT2D eigenvalue weighted by Crippen LogP contribution is 2.21. The van der Waals surface area contributed by atoms with Gasteiger partial charge in [-0.05, 0) is 54.9 Å². The van der Waals surface area contributed by atoms with Gasteiger partial charge in [0.1, 0.15) is 17.3 Å². The number of nitrogens with two attached hydrogens (primary N) is 1. The molecule has 2 aromatic carbocycles. The standard InChI is InChI=1S/C14H14FNO.ClH/c15-12-3-7-14(8-4-12)17-13-5-1-11(2-6-13)9-10-16;/h1-8H,9-10,16H2;1H. The lowest BCUT2D eigenvalue weighted by Crippen LogP contribution is -2.02. The minimum Gasteiger partial charge on any atom is -0.457 e. The summed E-state index contributed by atoms with van der Waals surface area (Å²) < 4.78 is 18.3. The van der Waals surface area contributed by atoms with Crippen LogP contribution in [0.25, 0.3) is 0 Å². The summed E-state index contributed by atoms with van der Waals surface area (Å²) in [5.74, 6) is 1.09. The fourth-order valence-electron chi connectivity index (χ4n) is 1.53. The highest BCUT2D eigenvalue weighted by Gasteiger charge is 1.98. The molecule has 0 saturated heterocycles. The minimum absolute atomic E-state index is 0. The number of rotatable bonds is 4. The van der Waals surface area contributed by atoms with E-state index in [1.165, 1.54) is 17.7 Å². The van der Waals surface area contributed by atoms with Crippen LogP contribution in [0.4, 0.5) is 4.39 Å².